The lowest BCUT2D eigenvalue weighted by molar-refractivity contribution is -0.137. The first-order valence-corrected chi connectivity index (χ1v) is 10.1. The van der Waals surface area contributed by atoms with Gasteiger partial charge in [-0.3, -0.25) is 14.8 Å². The predicted octanol–water partition coefficient (Wildman–Crippen LogP) is 4.72. The highest BCUT2D eigenvalue weighted by molar-refractivity contribution is 6.12. The molecule has 0 fully saturated rings. The maximum absolute atomic E-state index is 13.0. The monoisotopic (exact) mass is 469 g/mol. The molecule has 1 heterocycles. The van der Waals surface area contributed by atoms with Crippen LogP contribution in [0.4, 0.5) is 18.9 Å². The molecule has 1 amide bonds. The first kappa shape index (κ1) is 24.6. The summed E-state index contributed by atoms with van der Waals surface area (Å²) >= 11 is 0. The standard InChI is InChI=1S/C24H22F3N5O2/c1-28-14-17(29-2)13-22(30-3)34-21-11-10-18-19(8-5-9-20(18)32-21)23(33)31-16-7-4-6-15(12-16)24(25,26)27/h4-13,28H,2,14H2,1,3H3,(H,31,33)/b17-13-,30-22+. The molecule has 0 atom stereocenters. The van der Waals surface area contributed by atoms with E-state index in [0.29, 0.717) is 23.1 Å². The van der Waals surface area contributed by atoms with Crippen LogP contribution >= 0.6 is 0 Å². The number of benzene rings is 2. The van der Waals surface area contributed by atoms with Crippen LogP contribution in [0.3, 0.4) is 0 Å². The summed E-state index contributed by atoms with van der Waals surface area (Å²) < 4.78 is 44.6. The Bertz CT molecular complexity index is 1270. The van der Waals surface area contributed by atoms with Crippen LogP contribution in [0.2, 0.25) is 0 Å². The summed E-state index contributed by atoms with van der Waals surface area (Å²) in [7, 11) is 3.33. The second kappa shape index (κ2) is 10.7. The number of amides is 1. The molecule has 3 rings (SSSR count). The molecule has 0 saturated carbocycles. The van der Waals surface area contributed by atoms with Gasteiger partial charge >= 0.3 is 6.18 Å². The summed E-state index contributed by atoms with van der Waals surface area (Å²) in [6, 6.07) is 12.6. The number of anilines is 1. The number of carbonyl (C=O) groups excluding carboxylic acids is 1. The van der Waals surface area contributed by atoms with Crippen molar-refractivity contribution < 1.29 is 22.7 Å². The number of rotatable bonds is 7. The van der Waals surface area contributed by atoms with Crippen molar-refractivity contribution in [3.05, 3.63) is 77.5 Å². The van der Waals surface area contributed by atoms with Crippen molar-refractivity contribution in [1.82, 2.24) is 10.3 Å². The number of nitrogens with zero attached hydrogens (tertiary/aromatic N) is 3. The van der Waals surface area contributed by atoms with Crippen LogP contribution in [0, 0.1) is 0 Å². The Labute approximate surface area is 194 Å². The fourth-order valence-corrected chi connectivity index (χ4v) is 3.09. The lowest BCUT2D eigenvalue weighted by atomic mass is 10.1. The van der Waals surface area contributed by atoms with Crippen LogP contribution < -0.4 is 15.4 Å². The van der Waals surface area contributed by atoms with Crippen LogP contribution in [-0.4, -0.2) is 44.1 Å². The molecule has 3 aromatic rings. The second-order valence-electron chi connectivity index (χ2n) is 7.04. The zero-order chi connectivity index (χ0) is 24.7. The minimum absolute atomic E-state index is 0.0357. The maximum Gasteiger partial charge on any atom is 0.416 e. The molecule has 0 aliphatic heterocycles. The summed E-state index contributed by atoms with van der Waals surface area (Å²) in [5.41, 5.74) is 0.529. The number of likely N-dealkylation sites (N-methyl/N-ethyl adjacent to an activating group) is 1. The third-order valence-electron chi connectivity index (χ3n) is 4.68. The summed E-state index contributed by atoms with van der Waals surface area (Å²) in [6.07, 6.45) is -2.89. The van der Waals surface area contributed by atoms with Gasteiger partial charge < -0.3 is 15.4 Å². The van der Waals surface area contributed by atoms with E-state index in [1.54, 1.807) is 50.5 Å². The van der Waals surface area contributed by atoms with E-state index in [4.69, 9.17) is 4.74 Å². The van der Waals surface area contributed by atoms with Gasteiger partial charge in [-0.25, -0.2) is 4.98 Å². The van der Waals surface area contributed by atoms with Gasteiger partial charge in [0, 0.05) is 42.4 Å². The molecule has 0 aliphatic carbocycles. The molecule has 2 N–H and O–H groups in total. The highest BCUT2D eigenvalue weighted by Crippen LogP contribution is 2.31. The van der Waals surface area contributed by atoms with E-state index in [-0.39, 0.29) is 23.0 Å². The molecule has 0 radical (unpaired) electrons. The molecule has 0 bridgehead atoms. The van der Waals surface area contributed by atoms with Crippen molar-refractivity contribution in [2.75, 3.05) is 26.0 Å². The van der Waals surface area contributed by atoms with Crippen LogP contribution in [-0.2, 0) is 6.18 Å². The number of pyridine rings is 1. The van der Waals surface area contributed by atoms with Gasteiger partial charge in [0.2, 0.25) is 11.8 Å². The van der Waals surface area contributed by atoms with E-state index in [0.717, 1.165) is 12.1 Å². The Morgan fingerprint density at radius 1 is 1.18 bits per heavy atom. The number of aliphatic imine (C=N–C) groups is 2. The SMILES string of the molecule is C=N/C(=C\C(=N/C)Oc1ccc2c(C(=O)Nc3cccc(C(F)(F)F)c3)cccc2n1)CNC. The summed E-state index contributed by atoms with van der Waals surface area (Å²) in [4.78, 5) is 25.2. The van der Waals surface area contributed by atoms with Gasteiger partial charge in [0.25, 0.3) is 5.91 Å². The lowest BCUT2D eigenvalue weighted by Gasteiger charge is -2.11. The molecule has 1 aromatic heterocycles. The number of halogens is 3. The Hall–Kier alpha value is -4.05. The first-order chi connectivity index (χ1) is 16.2. The largest absolute Gasteiger partial charge is 0.421 e. The van der Waals surface area contributed by atoms with E-state index in [2.05, 4.69) is 32.3 Å². The third-order valence-corrected chi connectivity index (χ3v) is 4.68. The van der Waals surface area contributed by atoms with Gasteiger partial charge in [-0.1, -0.05) is 12.1 Å². The van der Waals surface area contributed by atoms with Crippen LogP contribution in [0.25, 0.3) is 10.9 Å². The van der Waals surface area contributed by atoms with Crippen LogP contribution in [0.1, 0.15) is 15.9 Å². The van der Waals surface area contributed by atoms with Gasteiger partial charge in [-0.05, 0) is 50.2 Å². The van der Waals surface area contributed by atoms with Crippen molar-refractivity contribution >= 4 is 35.1 Å². The van der Waals surface area contributed by atoms with E-state index in [1.165, 1.54) is 12.1 Å². The number of fused-ring (bicyclic) bond motifs is 1. The Morgan fingerprint density at radius 2 is 1.94 bits per heavy atom. The fourth-order valence-electron chi connectivity index (χ4n) is 3.09. The van der Waals surface area contributed by atoms with E-state index >= 15 is 0 Å². The Kier molecular flexibility index (Phi) is 7.75. The van der Waals surface area contributed by atoms with Crippen molar-refractivity contribution in [3.8, 4) is 5.88 Å². The zero-order valence-corrected chi connectivity index (χ0v) is 18.5. The molecular formula is C24H22F3N5O2. The quantitative estimate of drug-likeness (QED) is 0.387. The van der Waals surface area contributed by atoms with Crippen molar-refractivity contribution in [2.45, 2.75) is 6.18 Å². The summed E-state index contributed by atoms with van der Waals surface area (Å²) in [6.45, 7) is 3.98. The smallest absolute Gasteiger partial charge is 0.416 e. The maximum atomic E-state index is 13.0. The Balaban J connectivity index is 1.85. The molecule has 176 valence electrons. The summed E-state index contributed by atoms with van der Waals surface area (Å²) in [5, 5.41) is 5.98. The number of hydrogen-bond acceptors (Lipinski definition) is 6. The molecule has 0 spiro atoms. The van der Waals surface area contributed by atoms with E-state index < -0.39 is 17.6 Å². The average Bonchev–Trinajstić information content (AvgIpc) is 2.82. The fraction of sp³-hybridized carbons (Fsp3) is 0.167. The number of aromatic nitrogens is 1. The number of hydrogen-bond donors (Lipinski definition) is 2. The number of carbonyl (C=O) groups is 1. The van der Waals surface area contributed by atoms with Gasteiger partial charge in [-0.15, -0.1) is 0 Å². The highest BCUT2D eigenvalue weighted by Gasteiger charge is 2.30. The average molecular weight is 469 g/mol. The second-order valence-corrected chi connectivity index (χ2v) is 7.04. The van der Waals surface area contributed by atoms with Gasteiger partial charge in [0.1, 0.15) is 0 Å². The van der Waals surface area contributed by atoms with Crippen LogP contribution in [0.5, 0.6) is 5.88 Å². The normalized spacial score (nSPS) is 12.5. The minimum atomic E-state index is -4.51. The number of nitrogens with one attached hydrogen (secondary N) is 2. The topological polar surface area (TPSA) is 88.0 Å². The van der Waals surface area contributed by atoms with Gasteiger partial charge in [0.15, 0.2) is 0 Å². The van der Waals surface area contributed by atoms with Crippen molar-refractivity contribution in [3.63, 3.8) is 0 Å². The predicted molar refractivity (Wildman–Crippen MR) is 127 cm³/mol. The van der Waals surface area contributed by atoms with E-state index in [9.17, 15) is 18.0 Å². The molecule has 0 aliphatic rings. The minimum Gasteiger partial charge on any atom is -0.421 e. The molecule has 0 saturated heterocycles. The number of ether oxygens (including phenoxy) is 1. The third kappa shape index (κ3) is 6.04. The highest BCUT2D eigenvalue weighted by atomic mass is 19.4. The van der Waals surface area contributed by atoms with E-state index in [1.807, 2.05) is 0 Å². The van der Waals surface area contributed by atoms with Gasteiger partial charge in [-0.2, -0.15) is 13.2 Å². The number of alkyl halides is 3. The van der Waals surface area contributed by atoms with Crippen molar-refractivity contribution in [1.29, 1.82) is 0 Å². The molecule has 7 nitrogen and oxygen atoms in total. The van der Waals surface area contributed by atoms with Gasteiger partial charge in [0.05, 0.1) is 16.8 Å². The molecule has 2 aromatic carbocycles. The lowest BCUT2D eigenvalue weighted by Crippen LogP contribution is -2.14. The zero-order valence-electron chi connectivity index (χ0n) is 18.5. The summed E-state index contributed by atoms with van der Waals surface area (Å²) in [5.74, 6) is -0.0523. The van der Waals surface area contributed by atoms with Crippen molar-refractivity contribution in [2.24, 2.45) is 9.98 Å². The molecule has 0 unspecified atom stereocenters. The molecule has 10 heteroatoms. The molecule has 34 heavy (non-hydrogen) atoms. The molecular weight excluding hydrogens is 447 g/mol. The first-order valence-electron chi connectivity index (χ1n) is 10.1. The van der Waals surface area contributed by atoms with Crippen LogP contribution in [0.15, 0.2) is 76.4 Å². The Morgan fingerprint density at radius 3 is 2.62 bits per heavy atom.